The molecule has 0 bridgehead atoms. The third-order valence-electron chi connectivity index (χ3n) is 3.91. The second-order valence-corrected chi connectivity index (χ2v) is 7.62. The molecule has 20 heavy (non-hydrogen) atoms. The number of ketones is 1. The number of benzene rings is 1. The smallest absolute Gasteiger partial charge is 0.147 e. The largest absolute Gasteiger partial charge is 0.381 e. The van der Waals surface area contributed by atoms with Crippen molar-refractivity contribution in [2.75, 3.05) is 25.2 Å². The van der Waals surface area contributed by atoms with Gasteiger partial charge in [-0.1, -0.05) is 30.3 Å². The summed E-state index contributed by atoms with van der Waals surface area (Å²) in [5.74, 6) is -0.0706. The molecule has 0 N–H and O–H groups in total. The molecule has 1 aliphatic rings. The fourth-order valence-electron chi connectivity index (χ4n) is 2.72. The van der Waals surface area contributed by atoms with Crippen molar-refractivity contribution in [3.8, 4) is 0 Å². The fourth-order valence-corrected chi connectivity index (χ4v) is 3.28. The van der Waals surface area contributed by atoms with E-state index in [0.29, 0.717) is 26.1 Å². The SMILES string of the molecule is CS(=O)(=O)CCC(=O)C1(c2ccccc2)CCOCC1. The highest BCUT2D eigenvalue weighted by atomic mass is 32.2. The summed E-state index contributed by atoms with van der Waals surface area (Å²) in [6.45, 7) is 1.08. The monoisotopic (exact) mass is 296 g/mol. The lowest BCUT2D eigenvalue weighted by Gasteiger charge is -2.36. The minimum atomic E-state index is -3.12. The van der Waals surface area contributed by atoms with Crippen molar-refractivity contribution in [3.05, 3.63) is 35.9 Å². The third kappa shape index (κ3) is 3.46. The molecule has 5 heteroatoms. The molecule has 1 heterocycles. The number of ether oxygens (including phenoxy) is 1. The number of carbonyl (C=O) groups is 1. The Morgan fingerprint density at radius 2 is 1.80 bits per heavy atom. The highest BCUT2D eigenvalue weighted by Gasteiger charge is 2.40. The number of Topliss-reactive ketones (excluding diaryl/α,β-unsaturated/α-hetero) is 1. The molecule has 0 atom stereocenters. The van der Waals surface area contributed by atoms with Gasteiger partial charge in [0.25, 0.3) is 0 Å². The van der Waals surface area contributed by atoms with E-state index < -0.39 is 15.3 Å². The summed E-state index contributed by atoms with van der Waals surface area (Å²) in [4.78, 5) is 12.6. The summed E-state index contributed by atoms with van der Waals surface area (Å²) in [7, 11) is -3.12. The van der Waals surface area contributed by atoms with Crippen molar-refractivity contribution in [2.45, 2.75) is 24.7 Å². The van der Waals surface area contributed by atoms with Crippen molar-refractivity contribution in [2.24, 2.45) is 0 Å². The maximum atomic E-state index is 12.6. The van der Waals surface area contributed by atoms with Crippen LogP contribution in [0.2, 0.25) is 0 Å². The predicted molar refractivity (Wildman–Crippen MR) is 77.5 cm³/mol. The van der Waals surface area contributed by atoms with Crippen LogP contribution in [-0.2, 0) is 24.8 Å². The number of sulfone groups is 1. The van der Waals surface area contributed by atoms with Crippen LogP contribution in [0.3, 0.4) is 0 Å². The fraction of sp³-hybridized carbons (Fsp3) is 0.533. The zero-order chi connectivity index (χ0) is 14.6. The minimum Gasteiger partial charge on any atom is -0.381 e. The van der Waals surface area contributed by atoms with E-state index in [2.05, 4.69) is 0 Å². The molecule has 0 aliphatic carbocycles. The second-order valence-electron chi connectivity index (χ2n) is 5.36. The Kier molecular flexibility index (Phi) is 4.60. The number of carbonyl (C=O) groups excluding carboxylic acids is 1. The Labute approximate surface area is 120 Å². The molecule has 0 unspecified atom stereocenters. The lowest BCUT2D eigenvalue weighted by atomic mass is 9.70. The molecular weight excluding hydrogens is 276 g/mol. The molecule has 1 saturated heterocycles. The number of hydrogen-bond acceptors (Lipinski definition) is 4. The van der Waals surface area contributed by atoms with Crippen molar-refractivity contribution in [3.63, 3.8) is 0 Å². The van der Waals surface area contributed by atoms with Gasteiger partial charge >= 0.3 is 0 Å². The summed E-state index contributed by atoms with van der Waals surface area (Å²) in [5.41, 5.74) is 0.395. The van der Waals surface area contributed by atoms with Crippen molar-refractivity contribution in [1.82, 2.24) is 0 Å². The summed E-state index contributed by atoms with van der Waals surface area (Å²) in [6.07, 6.45) is 2.49. The Morgan fingerprint density at radius 1 is 1.20 bits per heavy atom. The van der Waals surface area contributed by atoms with Gasteiger partial charge in [-0.05, 0) is 18.4 Å². The van der Waals surface area contributed by atoms with Gasteiger partial charge in [-0.15, -0.1) is 0 Å². The zero-order valence-corrected chi connectivity index (χ0v) is 12.5. The van der Waals surface area contributed by atoms with E-state index >= 15 is 0 Å². The molecule has 4 nitrogen and oxygen atoms in total. The summed E-state index contributed by atoms with van der Waals surface area (Å²) in [5, 5.41) is 0. The maximum absolute atomic E-state index is 12.6. The molecule has 110 valence electrons. The van der Waals surface area contributed by atoms with E-state index in [1.165, 1.54) is 6.26 Å². The quantitative estimate of drug-likeness (QED) is 0.830. The van der Waals surface area contributed by atoms with Crippen LogP contribution in [-0.4, -0.2) is 39.4 Å². The molecule has 0 aromatic heterocycles. The van der Waals surface area contributed by atoms with E-state index in [0.717, 1.165) is 5.56 Å². The Hall–Kier alpha value is -1.20. The van der Waals surface area contributed by atoms with Crippen LogP contribution in [0.1, 0.15) is 24.8 Å². The van der Waals surface area contributed by atoms with E-state index in [1.807, 2.05) is 30.3 Å². The molecule has 1 aromatic rings. The first-order chi connectivity index (χ1) is 9.44. The second kappa shape index (κ2) is 6.06. The van der Waals surface area contributed by atoms with Crippen LogP contribution >= 0.6 is 0 Å². The summed E-state index contributed by atoms with van der Waals surface area (Å²) < 4.78 is 27.9. The van der Waals surface area contributed by atoms with Gasteiger partial charge in [0.1, 0.15) is 15.6 Å². The molecule has 2 rings (SSSR count). The molecule has 1 fully saturated rings. The van der Waals surface area contributed by atoms with Gasteiger partial charge in [-0.25, -0.2) is 8.42 Å². The highest BCUT2D eigenvalue weighted by Crippen LogP contribution is 2.36. The van der Waals surface area contributed by atoms with Gasteiger partial charge in [0.05, 0.1) is 11.2 Å². The van der Waals surface area contributed by atoms with Gasteiger partial charge < -0.3 is 4.74 Å². The summed E-state index contributed by atoms with van der Waals surface area (Å²) in [6, 6.07) is 9.64. The lowest BCUT2D eigenvalue weighted by Crippen LogP contribution is -2.42. The molecule has 0 saturated carbocycles. The number of rotatable bonds is 5. The van der Waals surface area contributed by atoms with Crippen molar-refractivity contribution >= 4 is 15.6 Å². The van der Waals surface area contributed by atoms with Crippen molar-refractivity contribution in [1.29, 1.82) is 0 Å². The molecule has 1 aromatic carbocycles. The van der Waals surface area contributed by atoms with E-state index in [9.17, 15) is 13.2 Å². The van der Waals surface area contributed by atoms with Crippen LogP contribution in [0, 0.1) is 0 Å². The Morgan fingerprint density at radius 3 is 2.35 bits per heavy atom. The minimum absolute atomic E-state index is 0.0115. The number of hydrogen-bond donors (Lipinski definition) is 0. The summed E-state index contributed by atoms with van der Waals surface area (Å²) >= 11 is 0. The average molecular weight is 296 g/mol. The molecule has 0 spiro atoms. The topological polar surface area (TPSA) is 60.4 Å². The molecule has 0 amide bonds. The van der Waals surface area contributed by atoms with Crippen molar-refractivity contribution < 1.29 is 17.9 Å². The van der Waals surface area contributed by atoms with Gasteiger partial charge in [-0.2, -0.15) is 0 Å². The molecular formula is C15H20O4S. The standard InChI is InChI=1S/C15H20O4S/c1-20(17,18)12-7-14(16)15(8-10-19-11-9-15)13-5-3-2-4-6-13/h2-6H,7-12H2,1H3. The first kappa shape index (κ1) is 15.2. The molecule has 0 radical (unpaired) electrons. The van der Waals surface area contributed by atoms with Gasteiger partial charge in [0.15, 0.2) is 0 Å². The normalized spacial score (nSPS) is 18.6. The first-order valence-electron chi connectivity index (χ1n) is 6.78. The Bertz CT molecular complexity index is 557. The lowest BCUT2D eigenvalue weighted by molar-refractivity contribution is -0.127. The van der Waals surface area contributed by atoms with Crippen LogP contribution in [0.5, 0.6) is 0 Å². The predicted octanol–water partition coefficient (Wildman–Crippen LogP) is 1.74. The van der Waals surface area contributed by atoms with Crippen LogP contribution in [0.15, 0.2) is 30.3 Å². The first-order valence-corrected chi connectivity index (χ1v) is 8.84. The van der Waals surface area contributed by atoms with Gasteiger partial charge in [0.2, 0.25) is 0 Å². The van der Waals surface area contributed by atoms with Crippen LogP contribution in [0.25, 0.3) is 0 Å². The molecule has 1 aliphatic heterocycles. The van der Waals surface area contributed by atoms with Gasteiger partial charge in [0, 0.05) is 25.9 Å². The van der Waals surface area contributed by atoms with Gasteiger partial charge in [-0.3, -0.25) is 4.79 Å². The van der Waals surface area contributed by atoms with E-state index in [4.69, 9.17) is 4.74 Å². The zero-order valence-electron chi connectivity index (χ0n) is 11.7. The maximum Gasteiger partial charge on any atom is 0.147 e. The van der Waals surface area contributed by atoms with E-state index in [-0.39, 0.29) is 18.0 Å². The van der Waals surface area contributed by atoms with E-state index in [1.54, 1.807) is 0 Å². The third-order valence-corrected chi connectivity index (χ3v) is 4.85. The van der Waals surface area contributed by atoms with Crippen LogP contribution in [0.4, 0.5) is 0 Å². The highest BCUT2D eigenvalue weighted by molar-refractivity contribution is 7.90. The average Bonchev–Trinajstić information content (AvgIpc) is 2.45. The van der Waals surface area contributed by atoms with Crippen LogP contribution < -0.4 is 0 Å². The Balaban J connectivity index is 2.26.